The van der Waals surface area contributed by atoms with Crippen LogP contribution >= 0.6 is 12.6 Å². The van der Waals surface area contributed by atoms with E-state index in [1.807, 2.05) is 24.1 Å². The first kappa shape index (κ1) is 16.1. The van der Waals surface area contributed by atoms with Crippen molar-refractivity contribution in [1.82, 2.24) is 14.9 Å². The summed E-state index contributed by atoms with van der Waals surface area (Å²) in [6, 6.07) is 7.21. The minimum Gasteiger partial charge on any atom is -0.478 e. The number of benzene rings is 1. The number of carboxylic acids is 1. The van der Waals surface area contributed by atoms with Gasteiger partial charge in [-0.25, -0.2) is 9.78 Å². The second kappa shape index (κ2) is 6.04. The Hall–Kier alpha value is -2.74. The summed E-state index contributed by atoms with van der Waals surface area (Å²) in [6.45, 7) is 0. The molecule has 3 rings (SSSR count). The summed E-state index contributed by atoms with van der Waals surface area (Å²) in [5.41, 5.74) is 1.56. The molecule has 24 heavy (non-hydrogen) atoms. The molecule has 2 aromatic rings. The number of rotatable bonds is 3. The molecule has 0 spiro atoms. The van der Waals surface area contributed by atoms with E-state index in [1.54, 1.807) is 19.2 Å². The number of fused-ring (bicyclic) bond motifs is 1. The van der Waals surface area contributed by atoms with E-state index < -0.39 is 5.97 Å². The maximum absolute atomic E-state index is 12.3. The van der Waals surface area contributed by atoms with Crippen LogP contribution in [0, 0.1) is 0 Å². The van der Waals surface area contributed by atoms with Crippen LogP contribution < -0.4 is 4.90 Å². The van der Waals surface area contributed by atoms with E-state index >= 15 is 0 Å². The van der Waals surface area contributed by atoms with Gasteiger partial charge >= 0.3 is 5.97 Å². The number of carbonyl (C=O) groups excluding carboxylic acids is 1. The predicted octanol–water partition coefficient (Wildman–Crippen LogP) is 1.91. The number of nitrogens with one attached hydrogen (secondary N) is 1. The normalized spacial score (nSPS) is 17.5. The summed E-state index contributed by atoms with van der Waals surface area (Å²) in [5, 5.41) is 8.64. The fourth-order valence-electron chi connectivity index (χ4n) is 2.47. The molecule has 8 heteroatoms. The van der Waals surface area contributed by atoms with E-state index in [-0.39, 0.29) is 11.4 Å². The zero-order valence-electron chi connectivity index (χ0n) is 13.1. The summed E-state index contributed by atoms with van der Waals surface area (Å²) in [6.07, 6.45) is 2.59. The molecule has 1 unspecified atom stereocenters. The van der Waals surface area contributed by atoms with Crippen LogP contribution in [0.25, 0.3) is 17.5 Å². The van der Waals surface area contributed by atoms with E-state index in [2.05, 4.69) is 22.6 Å². The Labute approximate surface area is 144 Å². The Bertz CT molecular complexity index is 828. The fourth-order valence-corrected chi connectivity index (χ4v) is 2.69. The fraction of sp³-hybridized carbons (Fsp3) is 0.188. The van der Waals surface area contributed by atoms with Crippen LogP contribution in [0.5, 0.6) is 0 Å². The second-order valence-electron chi connectivity index (χ2n) is 5.45. The molecule has 1 aromatic heterocycles. The van der Waals surface area contributed by atoms with Gasteiger partial charge < -0.3 is 19.9 Å². The first-order valence-electron chi connectivity index (χ1n) is 7.18. The van der Waals surface area contributed by atoms with Gasteiger partial charge in [-0.05, 0) is 11.6 Å². The summed E-state index contributed by atoms with van der Waals surface area (Å²) >= 11 is 4.41. The van der Waals surface area contributed by atoms with Crippen molar-refractivity contribution in [2.45, 2.75) is 5.50 Å². The van der Waals surface area contributed by atoms with Crippen molar-refractivity contribution in [3.8, 4) is 11.4 Å². The van der Waals surface area contributed by atoms with Crippen molar-refractivity contribution in [1.29, 1.82) is 0 Å². The lowest BCUT2D eigenvalue weighted by Gasteiger charge is -2.36. The third-order valence-corrected chi connectivity index (χ3v) is 4.55. The molecule has 1 aliphatic heterocycles. The highest BCUT2D eigenvalue weighted by Gasteiger charge is 2.34. The van der Waals surface area contributed by atoms with Crippen molar-refractivity contribution in [2.24, 2.45) is 0 Å². The Morgan fingerprint density at radius 3 is 2.58 bits per heavy atom. The van der Waals surface area contributed by atoms with Gasteiger partial charge in [0.1, 0.15) is 11.6 Å². The number of nitrogens with zero attached hydrogens (tertiary/aromatic N) is 3. The van der Waals surface area contributed by atoms with E-state index in [4.69, 9.17) is 5.11 Å². The van der Waals surface area contributed by atoms with Gasteiger partial charge in [0, 0.05) is 25.7 Å². The van der Waals surface area contributed by atoms with Crippen LogP contribution in [0.1, 0.15) is 16.1 Å². The van der Waals surface area contributed by atoms with Crippen LogP contribution in [0.3, 0.4) is 0 Å². The van der Waals surface area contributed by atoms with Gasteiger partial charge in [0.05, 0.1) is 0 Å². The molecule has 0 aliphatic carbocycles. The van der Waals surface area contributed by atoms with Crippen molar-refractivity contribution >= 4 is 36.4 Å². The van der Waals surface area contributed by atoms with Crippen molar-refractivity contribution in [3.63, 3.8) is 0 Å². The van der Waals surface area contributed by atoms with E-state index in [0.717, 1.165) is 17.2 Å². The molecule has 1 aliphatic rings. The number of thiol groups is 1. The Morgan fingerprint density at radius 2 is 1.96 bits per heavy atom. The van der Waals surface area contributed by atoms with Crippen LogP contribution in [0.15, 0.2) is 30.3 Å². The Morgan fingerprint density at radius 1 is 1.29 bits per heavy atom. The summed E-state index contributed by atoms with van der Waals surface area (Å²) in [5.74, 6) is 0.0177. The number of anilines is 1. The molecular formula is C16H16N4O3S. The third-order valence-electron chi connectivity index (χ3n) is 3.86. The second-order valence-corrected chi connectivity index (χ2v) is 5.91. The maximum atomic E-state index is 12.3. The summed E-state index contributed by atoms with van der Waals surface area (Å²) < 4.78 is 0. The minimum absolute atomic E-state index is 0.188. The SMILES string of the molecule is CN1C(=O)c2nc(-c3ccc(/C=C/C(=O)O)cc3)[nH]c2N(C)C1S. The summed E-state index contributed by atoms with van der Waals surface area (Å²) in [7, 11) is 3.51. The van der Waals surface area contributed by atoms with Gasteiger partial charge in [-0.2, -0.15) is 0 Å². The van der Waals surface area contributed by atoms with Gasteiger partial charge in [-0.3, -0.25) is 4.79 Å². The third kappa shape index (κ3) is 2.76. The van der Waals surface area contributed by atoms with Crippen molar-refractivity contribution < 1.29 is 14.7 Å². The van der Waals surface area contributed by atoms with Gasteiger partial charge in [-0.1, -0.05) is 24.3 Å². The number of carbonyl (C=O) groups is 2. The van der Waals surface area contributed by atoms with Gasteiger partial charge in [0.15, 0.2) is 11.2 Å². The van der Waals surface area contributed by atoms with Crippen LogP contribution in [-0.4, -0.2) is 51.4 Å². The van der Waals surface area contributed by atoms with E-state index in [9.17, 15) is 9.59 Å². The van der Waals surface area contributed by atoms with Gasteiger partial charge in [0.25, 0.3) is 5.91 Å². The molecule has 1 atom stereocenters. The monoisotopic (exact) mass is 344 g/mol. The Balaban J connectivity index is 1.93. The largest absolute Gasteiger partial charge is 0.478 e. The minimum atomic E-state index is -0.996. The highest BCUT2D eigenvalue weighted by atomic mass is 32.1. The molecule has 0 saturated heterocycles. The first-order valence-corrected chi connectivity index (χ1v) is 7.69. The zero-order valence-corrected chi connectivity index (χ0v) is 14.0. The number of hydrogen-bond donors (Lipinski definition) is 3. The lowest BCUT2D eigenvalue weighted by molar-refractivity contribution is -0.131. The standard InChI is InChI=1S/C16H16N4O3S/c1-19-14-12(15(23)20(2)16(19)24)17-13(18-14)10-6-3-9(4-7-10)5-8-11(21)22/h3-8,16,24H,1-2H3,(H,17,18)(H,21,22)/b8-5+. The number of aromatic nitrogens is 2. The first-order chi connectivity index (χ1) is 11.4. The molecular weight excluding hydrogens is 328 g/mol. The van der Waals surface area contributed by atoms with E-state index in [0.29, 0.717) is 17.3 Å². The average Bonchev–Trinajstić information content (AvgIpc) is 3.02. The lowest BCUT2D eigenvalue weighted by atomic mass is 10.1. The van der Waals surface area contributed by atoms with E-state index in [1.165, 1.54) is 11.0 Å². The predicted molar refractivity (Wildman–Crippen MR) is 94.0 cm³/mol. The van der Waals surface area contributed by atoms with Gasteiger partial charge in [0.2, 0.25) is 0 Å². The van der Waals surface area contributed by atoms with Crippen molar-refractivity contribution in [2.75, 3.05) is 19.0 Å². The van der Waals surface area contributed by atoms with Crippen LogP contribution in [0.4, 0.5) is 5.82 Å². The molecule has 124 valence electrons. The van der Waals surface area contributed by atoms with Gasteiger partial charge in [-0.15, -0.1) is 12.6 Å². The number of amides is 1. The highest BCUT2D eigenvalue weighted by molar-refractivity contribution is 7.81. The number of imidazole rings is 1. The quantitative estimate of drug-likeness (QED) is 0.585. The molecule has 0 saturated carbocycles. The molecule has 0 bridgehead atoms. The zero-order chi connectivity index (χ0) is 17.4. The highest BCUT2D eigenvalue weighted by Crippen LogP contribution is 2.31. The summed E-state index contributed by atoms with van der Waals surface area (Å²) in [4.78, 5) is 33.8. The molecule has 7 nitrogen and oxygen atoms in total. The number of aromatic amines is 1. The lowest BCUT2D eigenvalue weighted by Crippen LogP contribution is -2.48. The topological polar surface area (TPSA) is 89.5 Å². The number of carboxylic acid groups (broad SMARTS) is 1. The number of aliphatic carboxylic acids is 1. The number of hydrogen-bond acceptors (Lipinski definition) is 5. The molecule has 2 heterocycles. The molecule has 0 fully saturated rings. The molecule has 1 aromatic carbocycles. The van der Waals surface area contributed by atoms with Crippen LogP contribution in [0.2, 0.25) is 0 Å². The van der Waals surface area contributed by atoms with Crippen LogP contribution in [-0.2, 0) is 4.79 Å². The molecule has 0 radical (unpaired) electrons. The smallest absolute Gasteiger partial charge is 0.328 e. The Kier molecular flexibility index (Phi) is 4.06. The molecule has 1 amide bonds. The molecule has 2 N–H and O–H groups in total. The maximum Gasteiger partial charge on any atom is 0.328 e. The average molecular weight is 344 g/mol. The van der Waals surface area contributed by atoms with Crippen molar-refractivity contribution in [3.05, 3.63) is 41.6 Å². The number of H-pyrrole nitrogens is 1.